The van der Waals surface area contributed by atoms with Gasteiger partial charge in [-0.1, -0.05) is 13.8 Å². The average molecular weight is 255 g/mol. The van der Waals surface area contributed by atoms with Gasteiger partial charge in [0.2, 0.25) is 11.8 Å². The molecule has 1 heterocycles. The molecule has 18 heavy (non-hydrogen) atoms. The number of nitrogens with two attached hydrogens (primary N) is 1. The van der Waals surface area contributed by atoms with Crippen LogP contribution in [-0.4, -0.2) is 53.8 Å². The molecule has 0 bridgehead atoms. The summed E-state index contributed by atoms with van der Waals surface area (Å²) in [5.74, 6) is 0.191. The van der Waals surface area contributed by atoms with Gasteiger partial charge < -0.3 is 15.5 Å². The molecule has 5 heteroatoms. The zero-order valence-electron chi connectivity index (χ0n) is 11.8. The molecule has 1 aliphatic heterocycles. The van der Waals surface area contributed by atoms with E-state index in [0.717, 1.165) is 19.4 Å². The summed E-state index contributed by atoms with van der Waals surface area (Å²) in [6.45, 7) is 6.81. The van der Waals surface area contributed by atoms with Gasteiger partial charge in [0.1, 0.15) is 0 Å². The van der Waals surface area contributed by atoms with Gasteiger partial charge in [-0.3, -0.25) is 9.59 Å². The molecule has 0 radical (unpaired) electrons. The number of likely N-dealkylation sites (tertiary alicyclic amines) is 1. The van der Waals surface area contributed by atoms with Crippen LogP contribution in [0.4, 0.5) is 0 Å². The molecular weight excluding hydrogens is 230 g/mol. The van der Waals surface area contributed by atoms with Gasteiger partial charge in [0, 0.05) is 33.1 Å². The second kappa shape index (κ2) is 6.18. The summed E-state index contributed by atoms with van der Waals surface area (Å²) in [7, 11) is 1.77. The van der Waals surface area contributed by atoms with Crippen LogP contribution in [0.15, 0.2) is 0 Å². The predicted octanol–water partition coefficient (Wildman–Crippen LogP) is 0.439. The number of hydrogen-bond donors (Lipinski definition) is 1. The maximum absolute atomic E-state index is 12.2. The summed E-state index contributed by atoms with van der Waals surface area (Å²) in [6.07, 6.45) is 1.95. The fraction of sp³-hybridized carbons (Fsp3) is 0.846. The number of hydrogen-bond acceptors (Lipinski definition) is 3. The van der Waals surface area contributed by atoms with E-state index < -0.39 is 6.04 Å². The lowest BCUT2D eigenvalue weighted by Crippen LogP contribution is -2.51. The number of amides is 2. The molecule has 104 valence electrons. The first-order chi connectivity index (χ1) is 8.34. The van der Waals surface area contributed by atoms with E-state index in [-0.39, 0.29) is 23.8 Å². The Labute approximate surface area is 109 Å². The van der Waals surface area contributed by atoms with Crippen molar-refractivity contribution in [3.05, 3.63) is 0 Å². The van der Waals surface area contributed by atoms with Crippen LogP contribution in [0.25, 0.3) is 0 Å². The number of carbonyl (C=O) groups excluding carboxylic acids is 2. The lowest BCUT2D eigenvalue weighted by molar-refractivity contribution is -0.136. The fourth-order valence-corrected chi connectivity index (χ4v) is 2.24. The molecule has 2 amide bonds. The average Bonchev–Trinajstić information content (AvgIpc) is 2.74. The van der Waals surface area contributed by atoms with E-state index >= 15 is 0 Å². The SMILES string of the molecule is CC(=O)N(C)C[C@@H]1CCCN1C(=O)[C@@H](N)C(C)C. The molecule has 0 spiro atoms. The molecule has 0 saturated carbocycles. The number of rotatable bonds is 4. The highest BCUT2D eigenvalue weighted by Crippen LogP contribution is 2.20. The smallest absolute Gasteiger partial charge is 0.240 e. The molecule has 0 aromatic heterocycles. The summed E-state index contributed by atoms with van der Waals surface area (Å²) in [5.41, 5.74) is 5.92. The molecule has 2 N–H and O–H groups in total. The van der Waals surface area contributed by atoms with E-state index in [4.69, 9.17) is 5.73 Å². The molecule has 0 aromatic carbocycles. The Morgan fingerprint density at radius 2 is 2.06 bits per heavy atom. The molecule has 1 rings (SSSR count). The maximum Gasteiger partial charge on any atom is 0.240 e. The molecule has 0 aliphatic carbocycles. The van der Waals surface area contributed by atoms with Crippen molar-refractivity contribution in [2.45, 2.75) is 45.7 Å². The van der Waals surface area contributed by atoms with Gasteiger partial charge in [-0.2, -0.15) is 0 Å². The van der Waals surface area contributed by atoms with Gasteiger partial charge in [0.25, 0.3) is 0 Å². The largest absolute Gasteiger partial charge is 0.344 e. The minimum Gasteiger partial charge on any atom is -0.344 e. The van der Waals surface area contributed by atoms with Crippen LogP contribution in [0.1, 0.15) is 33.6 Å². The Kier molecular flexibility index (Phi) is 5.14. The first-order valence-electron chi connectivity index (χ1n) is 6.62. The third kappa shape index (κ3) is 3.45. The van der Waals surface area contributed by atoms with Crippen molar-refractivity contribution >= 4 is 11.8 Å². The summed E-state index contributed by atoms with van der Waals surface area (Å²) in [6, 6.07) is -0.315. The van der Waals surface area contributed by atoms with E-state index in [1.165, 1.54) is 0 Å². The predicted molar refractivity (Wildman–Crippen MR) is 70.9 cm³/mol. The zero-order valence-corrected chi connectivity index (χ0v) is 11.8. The van der Waals surface area contributed by atoms with Crippen molar-refractivity contribution in [3.63, 3.8) is 0 Å². The van der Waals surface area contributed by atoms with Crippen molar-refractivity contribution in [1.82, 2.24) is 9.80 Å². The third-order valence-corrected chi connectivity index (χ3v) is 3.69. The first kappa shape index (κ1) is 15.0. The van der Waals surface area contributed by atoms with Crippen LogP contribution in [0.2, 0.25) is 0 Å². The topological polar surface area (TPSA) is 66.6 Å². The lowest BCUT2D eigenvalue weighted by Gasteiger charge is -2.31. The second-order valence-corrected chi connectivity index (χ2v) is 5.50. The number of carbonyl (C=O) groups is 2. The number of nitrogens with zero attached hydrogens (tertiary/aromatic N) is 2. The van der Waals surface area contributed by atoms with Crippen LogP contribution in [0.5, 0.6) is 0 Å². The second-order valence-electron chi connectivity index (χ2n) is 5.50. The first-order valence-corrected chi connectivity index (χ1v) is 6.62. The van der Waals surface area contributed by atoms with Gasteiger partial charge in [-0.25, -0.2) is 0 Å². The van der Waals surface area contributed by atoms with Crippen molar-refractivity contribution < 1.29 is 9.59 Å². The van der Waals surface area contributed by atoms with E-state index in [1.54, 1.807) is 18.9 Å². The van der Waals surface area contributed by atoms with Crippen molar-refractivity contribution in [2.24, 2.45) is 11.7 Å². The molecule has 0 unspecified atom stereocenters. The minimum absolute atomic E-state index is 0.0180. The highest BCUT2D eigenvalue weighted by atomic mass is 16.2. The standard InChI is InChI=1S/C13H25N3O2/c1-9(2)12(14)13(18)16-7-5-6-11(16)8-15(4)10(3)17/h9,11-12H,5-8,14H2,1-4H3/t11-,12-/m0/s1. The molecule has 1 aliphatic rings. The molecular formula is C13H25N3O2. The van der Waals surface area contributed by atoms with E-state index in [2.05, 4.69) is 0 Å². The quantitative estimate of drug-likeness (QED) is 0.792. The van der Waals surface area contributed by atoms with Gasteiger partial charge in [-0.15, -0.1) is 0 Å². The van der Waals surface area contributed by atoms with E-state index in [0.29, 0.717) is 6.54 Å². The Morgan fingerprint density at radius 1 is 1.44 bits per heavy atom. The van der Waals surface area contributed by atoms with Crippen LogP contribution in [0, 0.1) is 5.92 Å². The van der Waals surface area contributed by atoms with E-state index in [1.807, 2.05) is 18.7 Å². The van der Waals surface area contributed by atoms with Gasteiger partial charge in [-0.05, 0) is 18.8 Å². The molecule has 5 nitrogen and oxygen atoms in total. The third-order valence-electron chi connectivity index (χ3n) is 3.69. The van der Waals surface area contributed by atoms with Crippen LogP contribution >= 0.6 is 0 Å². The summed E-state index contributed by atoms with van der Waals surface area (Å²) >= 11 is 0. The Balaban J connectivity index is 2.64. The summed E-state index contributed by atoms with van der Waals surface area (Å²) in [4.78, 5) is 27.0. The normalized spacial score (nSPS) is 21.2. The van der Waals surface area contributed by atoms with Crippen molar-refractivity contribution in [2.75, 3.05) is 20.1 Å². The fourth-order valence-electron chi connectivity index (χ4n) is 2.24. The lowest BCUT2D eigenvalue weighted by atomic mass is 10.0. The van der Waals surface area contributed by atoms with Crippen LogP contribution in [0.3, 0.4) is 0 Å². The minimum atomic E-state index is -0.437. The summed E-state index contributed by atoms with van der Waals surface area (Å²) in [5, 5.41) is 0. The Morgan fingerprint density at radius 3 is 2.56 bits per heavy atom. The maximum atomic E-state index is 12.2. The monoisotopic (exact) mass is 255 g/mol. The van der Waals surface area contributed by atoms with Gasteiger partial charge in [0.05, 0.1) is 6.04 Å². The molecule has 2 atom stereocenters. The highest BCUT2D eigenvalue weighted by molar-refractivity contribution is 5.82. The Bertz CT molecular complexity index is 317. The molecule has 1 fully saturated rings. The van der Waals surface area contributed by atoms with Gasteiger partial charge in [0.15, 0.2) is 0 Å². The van der Waals surface area contributed by atoms with Crippen molar-refractivity contribution in [3.8, 4) is 0 Å². The van der Waals surface area contributed by atoms with Crippen LogP contribution < -0.4 is 5.73 Å². The molecule has 0 aromatic rings. The highest BCUT2D eigenvalue weighted by Gasteiger charge is 2.33. The Hall–Kier alpha value is -1.10. The van der Waals surface area contributed by atoms with Crippen LogP contribution in [-0.2, 0) is 9.59 Å². The van der Waals surface area contributed by atoms with Gasteiger partial charge >= 0.3 is 0 Å². The summed E-state index contributed by atoms with van der Waals surface area (Å²) < 4.78 is 0. The molecule has 1 saturated heterocycles. The number of likely N-dealkylation sites (N-methyl/N-ethyl adjacent to an activating group) is 1. The van der Waals surface area contributed by atoms with E-state index in [9.17, 15) is 9.59 Å². The zero-order chi connectivity index (χ0) is 13.9. The van der Waals surface area contributed by atoms with Crippen molar-refractivity contribution in [1.29, 1.82) is 0 Å².